The van der Waals surface area contributed by atoms with E-state index in [0.717, 1.165) is 6.07 Å². The summed E-state index contributed by atoms with van der Waals surface area (Å²) >= 11 is 0. The average Bonchev–Trinajstić information content (AvgIpc) is 2.15. The van der Waals surface area contributed by atoms with Crippen LogP contribution in [-0.4, -0.2) is 5.11 Å². The highest BCUT2D eigenvalue weighted by Crippen LogP contribution is 2.35. The highest BCUT2D eigenvalue weighted by atomic mass is 19.4. The molecule has 1 N–H and O–H groups in total. The molecular formula is C10H8F3NO. The number of alkyl halides is 3. The fourth-order valence-electron chi connectivity index (χ4n) is 1.37. The lowest BCUT2D eigenvalue weighted by Gasteiger charge is -2.14. The predicted octanol–water partition coefficient (Wildman–Crippen LogP) is 2.38. The molecule has 1 aromatic rings. The summed E-state index contributed by atoms with van der Waals surface area (Å²) in [5, 5.41) is 17.4. The van der Waals surface area contributed by atoms with Gasteiger partial charge in [0.15, 0.2) is 0 Å². The largest absolute Gasteiger partial charge is 0.418 e. The van der Waals surface area contributed by atoms with Crippen molar-refractivity contribution in [2.75, 3.05) is 0 Å². The molecule has 0 aliphatic carbocycles. The number of benzene rings is 1. The van der Waals surface area contributed by atoms with Crippen molar-refractivity contribution in [3.05, 3.63) is 34.4 Å². The van der Waals surface area contributed by atoms with Gasteiger partial charge in [0.2, 0.25) is 0 Å². The van der Waals surface area contributed by atoms with Crippen molar-refractivity contribution < 1.29 is 18.3 Å². The van der Waals surface area contributed by atoms with E-state index >= 15 is 0 Å². The van der Waals surface area contributed by atoms with Crippen LogP contribution in [0.2, 0.25) is 0 Å². The second-order valence-electron chi connectivity index (χ2n) is 3.05. The van der Waals surface area contributed by atoms with E-state index in [1.807, 2.05) is 0 Å². The fourth-order valence-corrected chi connectivity index (χ4v) is 1.37. The van der Waals surface area contributed by atoms with E-state index in [9.17, 15) is 13.2 Å². The highest BCUT2D eigenvalue weighted by Gasteiger charge is 2.36. The van der Waals surface area contributed by atoms with Gasteiger partial charge in [-0.25, -0.2) is 0 Å². The first-order chi connectivity index (χ1) is 6.91. The molecule has 2 nitrogen and oxygen atoms in total. The van der Waals surface area contributed by atoms with Gasteiger partial charge in [-0.3, -0.25) is 0 Å². The van der Waals surface area contributed by atoms with E-state index in [4.69, 9.17) is 10.4 Å². The van der Waals surface area contributed by atoms with Crippen LogP contribution in [-0.2, 0) is 12.8 Å². The van der Waals surface area contributed by atoms with Crippen LogP contribution in [0.25, 0.3) is 0 Å². The molecule has 0 atom stereocenters. The molecule has 5 heteroatoms. The van der Waals surface area contributed by atoms with E-state index in [-0.39, 0.29) is 5.56 Å². The van der Waals surface area contributed by atoms with Crippen LogP contribution < -0.4 is 0 Å². The first-order valence-electron chi connectivity index (χ1n) is 4.12. The van der Waals surface area contributed by atoms with Gasteiger partial charge in [0.1, 0.15) is 0 Å². The summed E-state index contributed by atoms with van der Waals surface area (Å²) in [6.45, 7) is 0.734. The zero-order valence-corrected chi connectivity index (χ0v) is 7.89. The third-order valence-electron chi connectivity index (χ3n) is 2.11. The van der Waals surface area contributed by atoms with Crippen LogP contribution >= 0.6 is 0 Å². The van der Waals surface area contributed by atoms with E-state index in [1.54, 1.807) is 0 Å². The van der Waals surface area contributed by atoms with Crippen LogP contribution in [0, 0.1) is 18.3 Å². The Balaban J connectivity index is 3.57. The number of halogens is 3. The van der Waals surface area contributed by atoms with Crippen LogP contribution in [0.5, 0.6) is 0 Å². The Morgan fingerprint density at radius 2 is 2.00 bits per heavy atom. The van der Waals surface area contributed by atoms with Gasteiger partial charge in [-0.15, -0.1) is 0 Å². The quantitative estimate of drug-likeness (QED) is 0.781. The minimum atomic E-state index is -4.62. The maximum absolute atomic E-state index is 12.6. The predicted molar refractivity (Wildman–Crippen MR) is 46.8 cm³/mol. The fraction of sp³-hybridized carbons (Fsp3) is 0.300. The second kappa shape index (κ2) is 3.91. The van der Waals surface area contributed by atoms with Gasteiger partial charge in [-0.1, -0.05) is 6.07 Å². The van der Waals surface area contributed by atoms with Gasteiger partial charge >= 0.3 is 6.18 Å². The number of hydrogen-bond acceptors (Lipinski definition) is 2. The second-order valence-corrected chi connectivity index (χ2v) is 3.05. The first kappa shape index (κ1) is 11.5. The Labute approximate surface area is 84.6 Å². The normalized spacial score (nSPS) is 11.2. The number of nitriles is 1. The van der Waals surface area contributed by atoms with Crippen molar-refractivity contribution in [1.29, 1.82) is 5.26 Å². The Morgan fingerprint density at radius 3 is 2.40 bits per heavy atom. The Morgan fingerprint density at radius 1 is 1.40 bits per heavy atom. The molecule has 15 heavy (non-hydrogen) atoms. The van der Waals surface area contributed by atoms with Gasteiger partial charge in [0.25, 0.3) is 0 Å². The molecule has 0 heterocycles. The monoisotopic (exact) mass is 215 g/mol. The topological polar surface area (TPSA) is 44.0 Å². The molecule has 0 saturated heterocycles. The van der Waals surface area contributed by atoms with Gasteiger partial charge in [0.05, 0.1) is 23.8 Å². The molecule has 1 aromatic carbocycles. The van der Waals surface area contributed by atoms with Gasteiger partial charge in [-0.2, -0.15) is 18.4 Å². The van der Waals surface area contributed by atoms with E-state index < -0.39 is 23.9 Å². The third kappa shape index (κ3) is 2.10. The highest BCUT2D eigenvalue weighted by molar-refractivity contribution is 5.47. The number of aliphatic hydroxyl groups excluding tert-OH is 1. The summed E-state index contributed by atoms with van der Waals surface area (Å²) in [5.74, 6) is 0. The Kier molecular flexibility index (Phi) is 3.01. The third-order valence-corrected chi connectivity index (χ3v) is 2.11. The molecule has 0 aromatic heterocycles. The molecule has 0 aliphatic heterocycles. The number of aliphatic hydroxyl groups is 1. The van der Waals surface area contributed by atoms with E-state index in [0.29, 0.717) is 5.56 Å². The SMILES string of the molecule is Cc1ccc(C#N)c(C(F)(F)F)c1CO. The van der Waals surface area contributed by atoms with E-state index in [2.05, 4.69) is 0 Å². The lowest BCUT2D eigenvalue weighted by atomic mass is 9.97. The van der Waals surface area contributed by atoms with Gasteiger partial charge in [0, 0.05) is 0 Å². The molecule has 0 radical (unpaired) electrons. The maximum atomic E-state index is 12.6. The van der Waals surface area contributed by atoms with Crippen molar-refractivity contribution >= 4 is 0 Å². The van der Waals surface area contributed by atoms with Crippen molar-refractivity contribution in [3.8, 4) is 6.07 Å². The summed E-state index contributed by atoms with van der Waals surface area (Å²) in [5.41, 5.74) is -1.41. The molecule has 0 aliphatic rings. The van der Waals surface area contributed by atoms with Crippen LogP contribution in [0.15, 0.2) is 12.1 Å². The molecule has 80 valence electrons. The lowest BCUT2D eigenvalue weighted by molar-refractivity contribution is -0.138. The lowest BCUT2D eigenvalue weighted by Crippen LogP contribution is -2.13. The maximum Gasteiger partial charge on any atom is 0.418 e. The molecular weight excluding hydrogens is 207 g/mol. The molecule has 0 fully saturated rings. The van der Waals surface area contributed by atoms with Crippen LogP contribution in [0.1, 0.15) is 22.3 Å². The summed E-state index contributed by atoms with van der Waals surface area (Å²) in [7, 11) is 0. The van der Waals surface area contributed by atoms with Crippen LogP contribution in [0.4, 0.5) is 13.2 Å². The summed E-state index contributed by atoms with van der Waals surface area (Å²) in [6.07, 6.45) is -4.62. The summed E-state index contributed by atoms with van der Waals surface area (Å²) < 4.78 is 37.8. The first-order valence-corrected chi connectivity index (χ1v) is 4.12. The van der Waals surface area contributed by atoms with Crippen molar-refractivity contribution in [3.63, 3.8) is 0 Å². The standard InChI is InChI=1S/C10H8F3NO/c1-6-2-3-7(4-14)9(8(6)5-15)10(11,12)13/h2-3,15H,5H2,1H3. The molecule has 0 spiro atoms. The van der Waals surface area contributed by atoms with Crippen molar-refractivity contribution in [2.24, 2.45) is 0 Å². The molecule has 0 bridgehead atoms. The number of rotatable bonds is 1. The number of aryl methyl sites for hydroxylation is 1. The summed E-state index contributed by atoms with van der Waals surface area (Å²) in [6, 6.07) is 3.97. The Hall–Kier alpha value is -1.54. The molecule has 0 unspecified atom stereocenters. The molecule has 0 amide bonds. The average molecular weight is 215 g/mol. The van der Waals surface area contributed by atoms with Gasteiger partial charge in [-0.05, 0) is 24.1 Å². The molecule has 1 rings (SSSR count). The van der Waals surface area contributed by atoms with Gasteiger partial charge < -0.3 is 5.11 Å². The smallest absolute Gasteiger partial charge is 0.392 e. The number of hydrogen-bond donors (Lipinski definition) is 1. The zero-order valence-electron chi connectivity index (χ0n) is 7.89. The van der Waals surface area contributed by atoms with Crippen molar-refractivity contribution in [1.82, 2.24) is 0 Å². The number of nitrogens with zero attached hydrogens (tertiary/aromatic N) is 1. The van der Waals surface area contributed by atoms with E-state index in [1.165, 1.54) is 19.1 Å². The zero-order chi connectivity index (χ0) is 11.6. The molecule has 0 saturated carbocycles. The summed E-state index contributed by atoms with van der Waals surface area (Å²) in [4.78, 5) is 0. The minimum absolute atomic E-state index is 0.235. The van der Waals surface area contributed by atoms with Crippen LogP contribution in [0.3, 0.4) is 0 Å². The minimum Gasteiger partial charge on any atom is -0.392 e. The Bertz CT molecular complexity index is 418. The van der Waals surface area contributed by atoms with Crippen molar-refractivity contribution in [2.45, 2.75) is 19.7 Å².